The molecule has 2 rings (SSSR count). The number of rotatable bonds is 3. The Labute approximate surface area is 126 Å². The highest BCUT2D eigenvalue weighted by atomic mass is 79.9. The van der Waals surface area contributed by atoms with Crippen LogP contribution in [0.1, 0.15) is 17.2 Å². The summed E-state index contributed by atoms with van der Waals surface area (Å²) in [5.74, 6) is -0.849. The maximum absolute atomic E-state index is 13.1. The minimum atomic E-state index is -4.76. The van der Waals surface area contributed by atoms with Crippen LogP contribution in [-0.2, 0) is 0 Å². The molecule has 21 heavy (non-hydrogen) atoms. The molecule has 0 heterocycles. The summed E-state index contributed by atoms with van der Waals surface area (Å²) < 4.78 is 53.2. The SMILES string of the molecule is OC(c1ccc(OC(F)(F)F)cc1)c1ccc(F)c(Br)c1. The number of ether oxygens (including phenoxy) is 1. The fourth-order valence-corrected chi connectivity index (χ4v) is 2.12. The average Bonchev–Trinajstić information content (AvgIpc) is 2.40. The monoisotopic (exact) mass is 364 g/mol. The molecule has 0 saturated carbocycles. The second kappa shape index (κ2) is 6.03. The predicted octanol–water partition coefficient (Wildman–Crippen LogP) is 4.57. The predicted molar refractivity (Wildman–Crippen MR) is 71.3 cm³/mol. The van der Waals surface area contributed by atoms with Gasteiger partial charge >= 0.3 is 6.36 Å². The zero-order chi connectivity index (χ0) is 15.6. The molecule has 0 aliphatic heterocycles. The van der Waals surface area contributed by atoms with Crippen molar-refractivity contribution < 1.29 is 27.4 Å². The average molecular weight is 365 g/mol. The lowest BCUT2D eigenvalue weighted by Crippen LogP contribution is -2.17. The molecule has 1 atom stereocenters. The Bertz CT molecular complexity index is 626. The number of halogens is 5. The van der Waals surface area contributed by atoms with Crippen molar-refractivity contribution in [2.24, 2.45) is 0 Å². The Balaban J connectivity index is 2.19. The third kappa shape index (κ3) is 4.18. The van der Waals surface area contributed by atoms with Crippen molar-refractivity contribution >= 4 is 15.9 Å². The van der Waals surface area contributed by atoms with E-state index in [2.05, 4.69) is 20.7 Å². The van der Waals surface area contributed by atoms with Crippen LogP contribution in [0, 0.1) is 5.82 Å². The van der Waals surface area contributed by atoms with Crippen LogP contribution in [0.15, 0.2) is 46.9 Å². The lowest BCUT2D eigenvalue weighted by molar-refractivity contribution is -0.274. The van der Waals surface area contributed by atoms with Crippen LogP contribution in [-0.4, -0.2) is 11.5 Å². The number of benzene rings is 2. The maximum atomic E-state index is 13.1. The van der Waals surface area contributed by atoms with E-state index in [1.807, 2.05) is 0 Å². The van der Waals surface area contributed by atoms with Crippen molar-refractivity contribution in [3.63, 3.8) is 0 Å². The van der Waals surface area contributed by atoms with E-state index in [4.69, 9.17) is 0 Å². The molecule has 0 aromatic heterocycles. The lowest BCUT2D eigenvalue weighted by atomic mass is 10.0. The van der Waals surface area contributed by atoms with E-state index in [1.54, 1.807) is 0 Å². The molecule has 0 spiro atoms. The van der Waals surface area contributed by atoms with Gasteiger partial charge in [0, 0.05) is 0 Å². The summed E-state index contributed by atoms with van der Waals surface area (Å²) in [5.41, 5.74) is 0.774. The van der Waals surface area contributed by atoms with Crippen LogP contribution in [0.5, 0.6) is 5.75 Å². The molecule has 1 N–H and O–H groups in total. The van der Waals surface area contributed by atoms with Crippen LogP contribution in [0.2, 0.25) is 0 Å². The van der Waals surface area contributed by atoms with E-state index in [9.17, 15) is 22.7 Å². The molecule has 0 radical (unpaired) electrons. The van der Waals surface area contributed by atoms with E-state index < -0.39 is 18.3 Å². The van der Waals surface area contributed by atoms with Gasteiger partial charge in [0.05, 0.1) is 4.47 Å². The zero-order valence-corrected chi connectivity index (χ0v) is 12.0. The first kappa shape index (κ1) is 15.8. The van der Waals surface area contributed by atoms with Crippen LogP contribution in [0.25, 0.3) is 0 Å². The number of alkyl halides is 3. The van der Waals surface area contributed by atoms with Crippen LogP contribution < -0.4 is 4.74 Å². The van der Waals surface area contributed by atoms with Gasteiger partial charge in [0.1, 0.15) is 17.7 Å². The Hall–Kier alpha value is -1.60. The smallest absolute Gasteiger partial charge is 0.406 e. The second-order valence-electron chi connectivity index (χ2n) is 4.19. The van der Waals surface area contributed by atoms with Crippen molar-refractivity contribution in [2.45, 2.75) is 12.5 Å². The topological polar surface area (TPSA) is 29.5 Å². The van der Waals surface area contributed by atoms with Gasteiger partial charge in [0.15, 0.2) is 0 Å². The molecule has 0 saturated heterocycles. The van der Waals surface area contributed by atoms with Crippen LogP contribution in [0.4, 0.5) is 17.6 Å². The largest absolute Gasteiger partial charge is 0.573 e. The maximum Gasteiger partial charge on any atom is 0.573 e. The van der Waals surface area contributed by atoms with Gasteiger partial charge in [-0.1, -0.05) is 18.2 Å². The van der Waals surface area contributed by atoms with Crippen molar-refractivity contribution in [3.05, 3.63) is 63.9 Å². The van der Waals surface area contributed by atoms with Crippen molar-refractivity contribution in [2.75, 3.05) is 0 Å². The molecule has 0 amide bonds. The summed E-state index contributed by atoms with van der Waals surface area (Å²) >= 11 is 3.00. The number of hydrogen-bond acceptors (Lipinski definition) is 2. The van der Waals surface area contributed by atoms with Crippen molar-refractivity contribution in [1.29, 1.82) is 0 Å². The van der Waals surface area contributed by atoms with Gasteiger partial charge < -0.3 is 9.84 Å². The van der Waals surface area contributed by atoms with Crippen LogP contribution >= 0.6 is 15.9 Å². The third-order valence-corrected chi connectivity index (χ3v) is 3.30. The molecule has 2 nitrogen and oxygen atoms in total. The highest BCUT2D eigenvalue weighted by Crippen LogP contribution is 2.28. The molecule has 0 bridgehead atoms. The highest BCUT2D eigenvalue weighted by Gasteiger charge is 2.31. The molecule has 2 aromatic rings. The summed E-state index contributed by atoms with van der Waals surface area (Å²) in [6.07, 6.45) is -5.84. The quantitative estimate of drug-likeness (QED) is 0.808. The first-order valence-corrected chi connectivity index (χ1v) is 6.54. The summed E-state index contributed by atoms with van der Waals surface area (Å²) in [4.78, 5) is 0. The zero-order valence-electron chi connectivity index (χ0n) is 10.4. The van der Waals surface area contributed by atoms with Gasteiger partial charge in [-0.25, -0.2) is 4.39 Å². The van der Waals surface area contributed by atoms with Crippen LogP contribution in [0.3, 0.4) is 0 Å². The first-order valence-electron chi connectivity index (χ1n) is 5.75. The van der Waals surface area contributed by atoms with Gasteiger partial charge in [-0.15, -0.1) is 13.2 Å². The Kier molecular flexibility index (Phi) is 4.53. The summed E-state index contributed by atoms with van der Waals surface area (Å²) in [6.45, 7) is 0. The van der Waals surface area contributed by atoms with Gasteiger partial charge in [-0.05, 0) is 51.3 Å². The molecule has 112 valence electrons. The normalized spacial score (nSPS) is 13.0. The fourth-order valence-electron chi connectivity index (χ4n) is 1.73. The molecule has 0 fully saturated rings. The standard InChI is InChI=1S/C14H9BrF4O2/c15-11-7-9(3-6-12(11)16)13(20)8-1-4-10(5-2-8)21-14(17,18)19/h1-7,13,20H. The molecule has 0 aliphatic carbocycles. The summed E-state index contributed by atoms with van der Waals surface area (Å²) in [7, 11) is 0. The Morgan fingerprint density at radius 2 is 1.57 bits per heavy atom. The summed E-state index contributed by atoms with van der Waals surface area (Å²) in [6, 6.07) is 8.80. The lowest BCUT2D eigenvalue weighted by Gasteiger charge is -2.13. The van der Waals surface area contributed by atoms with E-state index in [0.717, 1.165) is 12.1 Å². The highest BCUT2D eigenvalue weighted by molar-refractivity contribution is 9.10. The molecule has 2 aromatic carbocycles. The minimum Gasteiger partial charge on any atom is -0.406 e. The van der Waals surface area contributed by atoms with E-state index in [0.29, 0.717) is 11.1 Å². The van der Waals surface area contributed by atoms with Crippen molar-refractivity contribution in [3.8, 4) is 5.75 Å². The molecule has 1 unspecified atom stereocenters. The first-order chi connectivity index (χ1) is 9.76. The van der Waals surface area contributed by atoms with Gasteiger partial charge in [-0.3, -0.25) is 0 Å². The molecule has 7 heteroatoms. The molecule has 0 aliphatic rings. The second-order valence-corrected chi connectivity index (χ2v) is 5.05. The Morgan fingerprint density at radius 3 is 2.10 bits per heavy atom. The van der Waals surface area contributed by atoms with Crippen molar-refractivity contribution in [1.82, 2.24) is 0 Å². The van der Waals surface area contributed by atoms with E-state index in [-0.39, 0.29) is 10.2 Å². The summed E-state index contributed by atoms with van der Waals surface area (Å²) in [5, 5.41) is 10.1. The third-order valence-electron chi connectivity index (χ3n) is 2.69. The van der Waals surface area contributed by atoms with Gasteiger partial charge in [0.25, 0.3) is 0 Å². The number of aliphatic hydroxyl groups is 1. The molecular formula is C14H9BrF4O2. The van der Waals surface area contributed by atoms with E-state index in [1.165, 1.54) is 30.3 Å². The van der Waals surface area contributed by atoms with Gasteiger partial charge in [-0.2, -0.15) is 0 Å². The van der Waals surface area contributed by atoms with Gasteiger partial charge in [0.2, 0.25) is 0 Å². The minimum absolute atomic E-state index is 0.191. The van der Waals surface area contributed by atoms with E-state index >= 15 is 0 Å². The number of aliphatic hydroxyl groups excluding tert-OH is 1. The Morgan fingerprint density at radius 1 is 1.00 bits per heavy atom. The molecular weight excluding hydrogens is 356 g/mol. The number of hydrogen-bond donors (Lipinski definition) is 1. The fraction of sp³-hybridized carbons (Fsp3) is 0.143.